The summed E-state index contributed by atoms with van der Waals surface area (Å²) in [6, 6.07) is 9.30. The van der Waals surface area contributed by atoms with Crippen LogP contribution in [0, 0.1) is 5.92 Å². The van der Waals surface area contributed by atoms with Crippen LogP contribution >= 0.6 is 0 Å². The summed E-state index contributed by atoms with van der Waals surface area (Å²) in [5, 5.41) is 2.69. The summed E-state index contributed by atoms with van der Waals surface area (Å²) in [5.74, 6) is -4.98. The number of hydrogen-bond acceptors (Lipinski definition) is 4. The molecule has 0 bridgehead atoms. The van der Waals surface area contributed by atoms with Crippen LogP contribution in [-0.2, 0) is 20.8 Å². The maximum absolute atomic E-state index is 14.3. The number of nitrogens with zero attached hydrogens (tertiary/aromatic N) is 1. The first-order chi connectivity index (χ1) is 12.0. The third-order valence-electron chi connectivity index (χ3n) is 4.94. The molecule has 3 rings (SSSR count). The SMILES string of the molecule is CO[C@@H]1COC[C@H]1NC(=O)C1CN(Cc2ccccc2)CCC1(F)F. The fraction of sp³-hybridized carbons (Fsp3) is 0.611. The summed E-state index contributed by atoms with van der Waals surface area (Å²) >= 11 is 0. The highest BCUT2D eigenvalue weighted by Crippen LogP contribution is 2.34. The number of nitrogens with one attached hydrogen (secondary N) is 1. The molecule has 0 spiro atoms. The van der Waals surface area contributed by atoms with Crippen LogP contribution in [0.5, 0.6) is 0 Å². The van der Waals surface area contributed by atoms with Crippen molar-refractivity contribution >= 4 is 5.91 Å². The third kappa shape index (κ3) is 4.34. The molecule has 0 aliphatic carbocycles. The predicted octanol–water partition coefficient (Wildman–Crippen LogP) is 1.67. The lowest BCUT2D eigenvalue weighted by Crippen LogP contribution is -2.56. The van der Waals surface area contributed by atoms with E-state index in [1.807, 2.05) is 35.2 Å². The zero-order valence-electron chi connectivity index (χ0n) is 14.3. The lowest BCUT2D eigenvalue weighted by Gasteiger charge is -2.38. The Balaban J connectivity index is 1.63. The summed E-state index contributed by atoms with van der Waals surface area (Å²) in [4.78, 5) is 14.4. The highest BCUT2D eigenvalue weighted by molar-refractivity contribution is 5.80. The molecule has 2 heterocycles. The molecular formula is C18H24F2N2O3. The minimum atomic E-state index is -3.00. The van der Waals surface area contributed by atoms with Crippen LogP contribution in [-0.4, -0.2) is 62.3 Å². The first-order valence-corrected chi connectivity index (χ1v) is 8.54. The van der Waals surface area contributed by atoms with Gasteiger partial charge in [-0.3, -0.25) is 9.69 Å². The Kier molecular flexibility index (Phi) is 5.66. The van der Waals surface area contributed by atoms with Gasteiger partial charge in [-0.15, -0.1) is 0 Å². The molecule has 25 heavy (non-hydrogen) atoms. The van der Waals surface area contributed by atoms with E-state index in [0.717, 1.165) is 5.56 Å². The molecule has 2 aliphatic rings. The number of rotatable bonds is 5. The van der Waals surface area contributed by atoms with Gasteiger partial charge in [-0.2, -0.15) is 0 Å². The number of carbonyl (C=O) groups excluding carboxylic acids is 1. The van der Waals surface area contributed by atoms with Crippen molar-refractivity contribution in [1.29, 1.82) is 0 Å². The molecule has 2 fully saturated rings. The zero-order chi connectivity index (χ0) is 17.9. The molecule has 0 aromatic heterocycles. The summed E-state index contributed by atoms with van der Waals surface area (Å²) in [6.45, 7) is 1.53. The van der Waals surface area contributed by atoms with Crippen molar-refractivity contribution < 1.29 is 23.0 Å². The normalized spacial score (nSPS) is 29.5. The number of piperidine rings is 1. The van der Waals surface area contributed by atoms with Gasteiger partial charge in [0.1, 0.15) is 12.0 Å². The van der Waals surface area contributed by atoms with Gasteiger partial charge in [0.25, 0.3) is 5.92 Å². The number of benzene rings is 1. The number of hydrogen-bond donors (Lipinski definition) is 1. The number of ether oxygens (including phenoxy) is 2. The van der Waals surface area contributed by atoms with Crippen molar-refractivity contribution in [3.05, 3.63) is 35.9 Å². The third-order valence-corrected chi connectivity index (χ3v) is 4.94. The van der Waals surface area contributed by atoms with E-state index < -0.39 is 17.7 Å². The van der Waals surface area contributed by atoms with E-state index >= 15 is 0 Å². The smallest absolute Gasteiger partial charge is 0.262 e. The first kappa shape index (κ1) is 18.2. The molecule has 1 aromatic rings. The van der Waals surface area contributed by atoms with E-state index in [4.69, 9.17) is 9.47 Å². The van der Waals surface area contributed by atoms with Gasteiger partial charge in [0.05, 0.1) is 19.3 Å². The maximum Gasteiger partial charge on any atom is 0.262 e. The van der Waals surface area contributed by atoms with E-state index in [2.05, 4.69) is 5.32 Å². The molecule has 2 saturated heterocycles. The van der Waals surface area contributed by atoms with Crippen molar-refractivity contribution in [1.82, 2.24) is 10.2 Å². The van der Waals surface area contributed by atoms with Crippen molar-refractivity contribution in [2.24, 2.45) is 5.92 Å². The number of carbonyl (C=O) groups is 1. The van der Waals surface area contributed by atoms with E-state index in [-0.39, 0.29) is 38.3 Å². The Morgan fingerprint density at radius 3 is 2.84 bits per heavy atom. The first-order valence-electron chi connectivity index (χ1n) is 8.54. The van der Waals surface area contributed by atoms with Gasteiger partial charge in [-0.1, -0.05) is 30.3 Å². The minimum absolute atomic E-state index is 0.0406. The standard InChI is InChI=1S/C18H24F2N2O3/c1-24-16-12-25-11-15(16)21-17(23)14-10-22(8-7-18(14,19)20)9-13-5-3-2-4-6-13/h2-6,14-16H,7-12H2,1H3,(H,21,23)/t14?,15-,16-/m1/s1. The second kappa shape index (κ2) is 7.76. The van der Waals surface area contributed by atoms with Crippen molar-refractivity contribution in [3.8, 4) is 0 Å². The van der Waals surface area contributed by atoms with Crippen LogP contribution in [0.15, 0.2) is 30.3 Å². The molecule has 1 aromatic carbocycles. The van der Waals surface area contributed by atoms with Gasteiger partial charge in [-0.05, 0) is 5.56 Å². The van der Waals surface area contributed by atoms with Gasteiger partial charge in [0, 0.05) is 33.2 Å². The van der Waals surface area contributed by atoms with E-state index in [0.29, 0.717) is 13.2 Å². The molecule has 2 aliphatic heterocycles. The molecule has 138 valence electrons. The predicted molar refractivity (Wildman–Crippen MR) is 88.3 cm³/mol. The molecule has 0 radical (unpaired) electrons. The summed E-state index contributed by atoms with van der Waals surface area (Å²) in [7, 11) is 1.52. The van der Waals surface area contributed by atoms with Crippen LogP contribution in [0.25, 0.3) is 0 Å². The zero-order valence-corrected chi connectivity index (χ0v) is 14.3. The fourth-order valence-corrected chi connectivity index (χ4v) is 3.41. The van der Waals surface area contributed by atoms with Crippen molar-refractivity contribution in [2.75, 3.05) is 33.4 Å². The number of halogens is 2. The molecule has 7 heteroatoms. The lowest BCUT2D eigenvalue weighted by molar-refractivity contribution is -0.152. The highest BCUT2D eigenvalue weighted by Gasteiger charge is 2.49. The van der Waals surface area contributed by atoms with Crippen LogP contribution in [0.4, 0.5) is 8.78 Å². The quantitative estimate of drug-likeness (QED) is 0.874. The largest absolute Gasteiger partial charge is 0.377 e. The Labute approximate surface area is 146 Å². The topological polar surface area (TPSA) is 50.8 Å². The Morgan fingerprint density at radius 1 is 1.36 bits per heavy atom. The van der Waals surface area contributed by atoms with Gasteiger partial charge >= 0.3 is 0 Å². The van der Waals surface area contributed by atoms with Gasteiger partial charge < -0.3 is 14.8 Å². The Bertz CT molecular complexity index is 585. The monoisotopic (exact) mass is 354 g/mol. The van der Waals surface area contributed by atoms with Crippen LogP contribution < -0.4 is 5.32 Å². The maximum atomic E-state index is 14.3. The lowest BCUT2D eigenvalue weighted by atomic mass is 9.92. The molecule has 5 nitrogen and oxygen atoms in total. The second-order valence-corrected chi connectivity index (χ2v) is 6.71. The van der Waals surface area contributed by atoms with Gasteiger partial charge in [0.15, 0.2) is 0 Å². The molecule has 1 unspecified atom stereocenters. The molecule has 1 N–H and O–H groups in total. The van der Waals surface area contributed by atoms with Gasteiger partial charge in [-0.25, -0.2) is 8.78 Å². The summed E-state index contributed by atoms with van der Waals surface area (Å²) in [5.41, 5.74) is 1.05. The fourth-order valence-electron chi connectivity index (χ4n) is 3.41. The van der Waals surface area contributed by atoms with E-state index in [9.17, 15) is 13.6 Å². The van der Waals surface area contributed by atoms with E-state index in [1.165, 1.54) is 7.11 Å². The second-order valence-electron chi connectivity index (χ2n) is 6.71. The summed E-state index contributed by atoms with van der Waals surface area (Å²) < 4.78 is 39.2. The number of methoxy groups -OCH3 is 1. The van der Waals surface area contributed by atoms with E-state index in [1.54, 1.807) is 0 Å². The van der Waals surface area contributed by atoms with Crippen molar-refractivity contribution in [2.45, 2.75) is 31.0 Å². The number of amides is 1. The molecule has 3 atom stereocenters. The van der Waals surface area contributed by atoms with Gasteiger partial charge in [0.2, 0.25) is 5.91 Å². The van der Waals surface area contributed by atoms with Crippen molar-refractivity contribution in [3.63, 3.8) is 0 Å². The minimum Gasteiger partial charge on any atom is -0.377 e. The molecule has 0 saturated carbocycles. The van der Waals surface area contributed by atoms with Crippen LogP contribution in [0.1, 0.15) is 12.0 Å². The molecule has 1 amide bonds. The average molecular weight is 354 g/mol. The average Bonchev–Trinajstić information content (AvgIpc) is 3.04. The number of alkyl halides is 2. The summed E-state index contributed by atoms with van der Waals surface area (Å²) in [6.07, 6.45) is -0.603. The number of likely N-dealkylation sites (tertiary alicyclic amines) is 1. The highest BCUT2D eigenvalue weighted by atomic mass is 19.3. The Hall–Kier alpha value is -1.57. The van der Waals surface area contributed by atoms with Crippen LogP contribution in [0.2, 0.25) is 0 Å². The molecular weight excluding hydrogens is 330 g/mol. The van der Waals surface area contributed by atoms with Crippen LogP contribution in [0.3, 0.4) is 0 Å². The Morgan fingerprint density at radius 2 is 2.12 bits per heavy atom.